The average Bonchev–Trinajstić information content (AvgIpc) is 3.41. The van der Waals surface area contributed by atoms with Gasteiger partial charge in [0.1, 0.15) is 0 Å². The molecule has 2 aliphatic heterocycles. The van der Waals surface area contributed by atoms with Gasteiger partial charge in [-0.3, -0.25) is 9.58 Å². The number of halogens is 3. The molecule has 2 saturated heterocycles. The predicted octanol–water partition coefficient (Wildman–Crippen LogP) is 5.11. The number of hydrogen-bond donors (Lipinski definition) is 0. The molecule has 5 rings (SSSR count). The quantitative estimate of drug-likeness (QED) is 0.622. The molecule has 0 spiro atoms. The minimum Gasteiger partial charge on any atom is -0.378 e. The lowest BCUT2D eigenvalue weighted by atomic mass is 9.98. The van der Waals surface area contributed by atoms with E-state index in [1.807, 2.05) is 0 Å². The number of benzene rings is 1. The molecule has 0 amide bonds. The summed E-state index contributed by atoms with van der Waals surface area (Å²) in [5.41, 5.74) is -0.0532. The van der Waals surface area contributed by atoms with Crippen LogP contribution in [0, 0.1) is 11.8 Å². The Morgan fingerprint density at radius 3 is 2.50 bits per heavy atom. The summed E-state index contributed by atoms with van der Waals surface area (Å²) in [7, 11) is 0. The SMILES string of the molecule is CC(CN1C2CC[C@@H]1CC(OCC1CC1)C2)Cn1ncc2ccc(C(F)(F)F)cc21. The highest BCUT2D eigenvalue weighted by Crippen LogP contribution is 2.39. The number of piperidine rings is 1. The number of alkyl halides is 3. The van der Waals surface area contributed by atoms with Gasteiger partial charge in [0.2, 0.25) is 0 Å². The van der Waals surface area contributed by atoms with Gasteiger partial charge in [0.25, 0.3) is 0 Å². The molecule has 3 unspecified atom stereocenters. The predicted molar refractivity (Wildman–Crippen MR) is 109 cm³/mol. The van der Waals surface area contributed by atoms with Gasteiger partial charge >= 0.3 is 6.18 Å². The van der Waals surface area contributed by atoms with Gasteiger partial charge in [0.05, 0.1) is 23.4 Å². The molecule has 3 fully saturated rings. The minimum atomic E-state index is -4.33. The standard InChI is InChI=1S/C23H30F3N3O/c1-15(13-29-22-8-18(23(24,25)26)5-4-17(22)11-27-29)12-28-19-6-7-20(28)10-21(9-19)30-14-16-2-3-16/h4-5,8,11,15-16,19-21H,2-3,6-7,9-10,12-14H2,1H3/t15?,19-,20?,21?/m1/s1. The second kappa shape index (κ2) is 7.83. The maximum absolute atomic E-state index is 13.1. The third kappa shape index (κ3) is 4.24. The van der Waals surface area contributed by atoms with Crippen molar-refractivity contribution in [3.63, 3.8) is 0 Å². The van der Waals surface area contributed by atoms with Crippen LogP contribution >= 0.6 is 0 Å². The van der Waals surface area contributed by atoms with Gasteiger partial charge in [0, 0.05) is 37.2 Å². The van der Waals surface area contributed by atoms with Crippen LogP contribution in [0.15, 0.2) is 24.4 Å². The monoisotopic (exact) mass is 421 g/mol. The molecule has 30 heavy (non-hydrogen) atoms. The highest BCUT2D eigenvalue weighted by atomic mass is 19.4. The van der Waals surface area contributed by atoms with E-state index in [-0.39, 0.29) is 0 Å². The van der Waals surface area contributed by atoms with Crippen molar-refractivity contribution in [1.29, 1.82) is 0 Å². The summed E-state index contributed by atoms with van der Waals surface area (Å²) in [4.78, 5) is 2.63. The Kier molecular flexibility index (Phi) is 5.30. The van der Waals surface area contributed by atoms with Gasteiger partial charge in [-0.15, -0.1) is 0 Å². The molecule has 4 atom stereocenters. The van der Waals surface area contributed by atoms with Crippen LogP contribution in [0.2, 0.25) is 0 Å². The Morgan fingerprint density at radius 2 is 1.83 bits per heavy atom. The van der Waals surface area contributed by atoms with E-state index in [1.165, 1.54) is 37.8 Å². The maximum Gasteiger partial charge on any atom is 0.416 e. The van der Waals surface area contributed by atoms with E-state index in [0.717, 1.165) is 43.4 Å². The lowest BCUT2D eigenvalue weighted by molar-refractivity contribution is -0.137. The van der Waals surface area contributed by atoms with E-state index >= 15 is 0 Å². The van der Waals surface area contributed by atoms with Gasteiger partial charge in [-0.05, 0) is 62.5 Å². The summed E-state index contributed by atoms with van der Waals surface area (Å²) < 4.78 is 47.2. The normalized spacial score (nSPS) is 28.3. The molecule has 4 nitrogen and oxygen atoms in total. The van der Waals surface area contributed by atoms with Crippen LogP contribution in [0.3, 0.4) is 0 Å². The van der Waals surface area contributed by atoms with Crippen LogP contribution < -0.4 is 0 Å². The molecular formula is C23H30F3N3O. The van der Waals surface area contributed by atoms with E-state index in [1.54, 1.807) is 10.9 Å². The topological polar surface area (TPSA) is 30.3 Å². The van der Waals surface area contributed by atoms with Crippen LogP contribution in [0.4, 0.5) is 13.2 Å². The van der Waals surface area contributed by atoms with Crippen LogP contribution in [0.25, 0.3) is 10.9 Å². The first-order valence-corrected chi connectivity index (χ1v) is 11.3. The van der Waals surface area contributed by atoms with Crippen molar-refractivity contribution in [2.75, 3.05) is 13.2 Å². The highest BCUT2D eigenvalue weighted by molar-refractivity contribution is 5.79. The number of rotatable bonds is 7. The van der Waals surface area contributed by atoms with Crippen LogP contribution in [-0.4, -0.2) is 46.0 Å². The summed E-state index contributed by atoms with van der Waals surface area (Å²) >= 11 is 0. The number of aromatic nitrogens is 2. The van der Waals surface area contributed by atoms with Gasteiger partial charge in [-0.2, -0.15) is 18.3 Å². The van der Waals surface area contributed by atoms with Crippen LogP contribution in [0.5, 0.6) is 0 Å². The molecule has 1 saturated carbocycles. The second-order valence-electron chi connectivity index (χ2n) is 9.66. The summed E-state index contributed by atoms with van der Waals surface area (Å²) in [6.07, 6.45) is 5.11. The number of ether oxygens (including phenoxy) is 1. The third-order valence-electron chi connectivity index (χ3n) is 7.08. The van der Waals surface area contributed by atoms with Gasteiger partial charge < -0.3 is 4.74 Å². The molecule has 3 aliphatic rings. The van der Waals surface area contributed by atoms with Crippen molar-refractivity contribution in [2.24, 2.45) is 11.8 Å². The van der Waals surface area contributed by atoms with Gasteiger partial charge in [0.15, 0.2) is 0 Å². The van der Waals surface area contributed by atoms with E-state index in [9.17, 15) is 13.2 Å². The fourth-order valence-electron chi connectivity index (χ4n) is 5.32. The molecule has 7 heteroatoms. The third-order valence-corrected chi connectivity index (χ3v) is 7.08. The van der Waals surface area contributed by atoms with Crippen molar-refractivity contribution in [1.82, 2.24) is 14.7 Å². The zero-order valence-electron chi connectivity index (χ0n) is 17.4. The summed E-state index contributed by atoms with van der Waals surface area (Å²) in [6.45, 7) is 4.70. The average molecular weight is 422 g/mol. The molecule has 2 aromatic rings. The van der Waals surface area contributed by atoms with Gasteiger partial charge in [-0.25, -0.2) is 0 Å². The Balaban J connectivity index is 1.22. The molecule has 1 aliphatic carbocycles. The second-order valence-corrected chi connectivity index (χ2v) is 9.66. The Hall–Kier alpha value is -1.60. The number of nitrogens with zero attached hydrogens (tertiary/aromatic N) is 3. The van der Waals surface area contributed by atoms with Crippen LogP contribution in [0.1, 0.15) is 51.0 Å². The molecule has 1 aromatic carbocycles. The van der Waals surface area contributed by atoms with E-state index in [0.29, 0.717) is 36.2 Å². The van der Waals surface area contributed by atoms with Crippen molar-refractivity contribution in [3.8, 4) is 0 Å². The first-order chi connectivity index (χ1) is 14.4. The fraction of sp³-hybridized carbons (Fsp3) is 0.696. The minimum absolute atomic E-state index is 0.315. The van der Waals surface area contributed by atoms with Crippen molar-refractivity contribution < 1.29 is 17.9 Å². The Morgan fingerprint density at radius 1 is 1.10 bits per heavy atom. The van der Waals surface area contributed by atoms with E-state index in [4.69, 9.17) is 4.74 Å². The lowest BCUT2D eigenvalue weighted by Crippen LogP contribution is -2.47. The zero-order valence-corrected chi connectivity index (χ0v) is 17.4. The molecular weight excluding hydrogens is 391 g/mol. The van der Waals surface area contributed by atoms with Crippen molar-refractivity contribution >= 4 is 10.9 Å². The Labute approximate surface area is 175 Å². The fourth-order valence-corrected chi connectivity index (χ4v) is 5.32. The molecule has 0 radical (unpaired) electrons. The Bertz CT molecular complexity index is 877. The lowest BCUT2D eigenvalue weighted by Gasteiger charge is -2.40. The number of fused-ring (bicyclic) bond motifs is 3. The summed E-state index contributed by atoms with van der Waals surface area (Å²) in [5.74, 6) is 1.12. The molecule has 2 bridgehead atoms. The van der Waals surface area contributed by atoms with Crippen molar-refractivity contribution in [2.45, 2.75) is 76.4 Å². The van der Waals surface area contributed by atoms with E-state index < -0.39 is 11.7 Å². The zero-order chi connectivity index (χ0) is 20.9. The molecule has 1 aromatic heterocycles. The maximum atomic E-state index is 13.1. The first kappa shape index (κ1) is 20.3. The summed E-state index contributed by atoms with van der Waals surface area (Å²) in [6, 6.07) is 5.04. The van der Waals surface area contributed by atoms with Crippen LogP contribution in [-0.2, 0) is 17.5 Å². The largest absolute Gasteiger partial charge is 0.416 e. The number of hydrogen-bond acceptors (Lipinski definition) is 3. The summed E-state index contributed by atoms with van der Waals surface area (Å²) in [5, 5.41) is 5.13. The smallest absolute Gasteiger partial charge is 0.378 e. The molecule has 0 N–H and O–H groups in total. The molecule has 3 heterocycles. The van der Waals surface area contributed by atoms with E-state index in [2.05, 4.69) is 16.9 Å². The van der Waals surface area contributed by atoms with Crippen molar-refractivity contribution in [3.05, 3.63) is 30.0 Å². The molecule has 164 valence electrons. The highest BCUT2D eigenvalue weighted by Gasteiger charge is 2.41. The van der Waals surface area contributed by atoms with Gasteiger partial charge in [-0.1, -0.05) is 13.0 Å². The first-order valence-electron chi connectivity index (χ1n) is 11.3.